The smallest absolute Gasteiger partial charge is 0.250 e. The summed E-state index contributed by atoms with van der Waals surface area (Å²) >= 11 is 0. The van der Waals surface area contributed by atoms with Gasteiger partial charge < -0.3 is 24.7 Å². The van der Waals surface area contributed by atoms with Crippen LogP contribution in [-0.2, 0) is 17.7 Å². The fraction of sp³-hybridized carbons (Fsp3) is 0.194. The number of morpholine rings is 1. The number of pyridine rings is 2. The van der Waals surface area contributed by atoms with E-state index in [9.17, 15) is 4.79 Å². The number of hydrogen-bond acceptors (Lipinski definition) is 7. The molecule has 9 nitrogen and oxygen atoms in total. The van der Waals surface area contributed by atoms with Crippen molar-refractivity contribution in [1.29, 1.82) is 0 Å². The van der Waals surface area contributed by atoms with Gasteiger partial charge in [0, 0.05) is 79.3 Å². The number of para-hydroxylation sites is 1. The Morgan fingerprint density at radius 1 is 0.975 bits per heavy atom. The highest BCUT2D eigenvalue weighted by atomic mass is 16.5. The fourth-order valence-electron chi connectivity index (χ4n) is 5.31. The lowest BCUT2D eigenvalue weighted by molar-refractivity contribution is 0.122. The van der Waals surface area contributed by atoms with Gasteiger partial charge in [-0.15, -0.1) is 0 Å². The van der Waals surface area contributed by atoms with E-state index in [2.05, 4.69) is 55.6 Å². The van der Waals surface area contributed by atoms with Crippen LogP contribution in [0.3, 0.4) is 0 Å². The molecule has 1 saturated heterocycles. The average Bonchev–Trinajstić information content (AvgIpc) is 3.55. The zero-order chi connectivity index (χ0) is 26.9. The van der Waals surface area contributed by atoms with Crippen LogP contribution in [0.1, 0.15) is 16.7 Å². The van der Waals surface area contributed by atoms with Crippen LogP contribution < -0.4 is 20.5 Å². The molecule has 3 aromatic heterocycles. The molecule has 0 aliphatic carbocycles. The molecule has 200 valence electrons. The van der Waals surface area contributed by atoms with Crippen molar-refractivity contribution in [3.63, 3.8) is 0 Å². The summed E-state index contributed by atoms with van der Waals surface area (Å²) in [5, 5.41) is 7.73. The Morgan fingerprint density at radius 2 is 1.90 bits per heavy atom. The van der Waals surface area contributed by atoms with Gasteiger partial charge in [-0.3, -0.25) is 4.79 Å². The van der Waals surface area contributed by atoms with E-state index in [0.717, 1.165) is 76.0 Å². The first kappa shape index (κ1) is 24.2. The lowest BCUT2D eigenvalue weighted by atomic mass is 9.94. The number of ether oxygens (including phenoxy) is 2. The van der Waals surface area contributed by atoms with Gasteiger partial charge in [0.05, 0.1) is 18.9 Å². The fourth-order valence-corrected chi connectivity index (χ4v) is 5.31. The summed E-state index contributed by atoms with van der Waals surface area (Å²) in [5.41, 5.74) is 7.04. The van der Waals surface area contributed by atoms with E-state index < -0.39 is 0 Å². The van der Waals surface area contributed by atoms with E-state index in [1.54, 1.807) is 23.1 Å². The van der Waals surface area contributed by atoms with Gasteiger partial charge in [-0.1, -0.05) is 24.3 Å². The first-order chi connectivity index (χ1) is 19.7. The van der Waals surface area contributed by atoms with Crippen LogP contribution in [0.15, 0.2) is 90.2 Å². The number of anilines is 2. The lowest BCUT2D eigenvalue weighted by Gasteiger charge is -2.31. The van der Waals surface area contributed by atoms with E-state index in [0.29, 0.717) is 19.8 Å². The normalized spacial score (nSPS) is 14.2. The van der Waals surface area contributed by atoms with Gasteiger partial charge in [0.1, 0.15) is 11.5 Å². The van der Waals surface area contributed by atoms with Crippen molar-refractivity contribution in [2.75, 3.05) is 36.5 Å². The molecule has 7 rings (SSSR count). The number of benzene rings is 2. The zero-order valence-electron chi connectivity index (χ0n) is 21.8. The SMILES string of the molecule is O=c1cc(N2CCOCC2)c(-c2cccc3c2Oc2ccc(NCc4ccc(-n5cccn5)nc4)cc2C3)c[nH]1. The average molecular weight is 533 g/mol. The maximum absolute atomic E-state index is 12.3. The maximum Gasteiger partial charge on any atom is 0.250 e. The van der Waals surface area contributed by atoms with Gasteiger partial charge in [-0.25, -0.2) is 9.67 Å². The van der Waals surface area contributed by atoms with Crippen LogP contribution >= 0.6 is 0 Å². The van der Waals surface area contributed by atoms with Crippen LogP contribution in [0.4, 0.5) is 11.4 Å². The van der Waals surface area contributed by atoms with E-state index in [1.807, 2.05) is 36.7 Å². The second-order valence-corrected chi connectivity index (χ2v) is 9.92. The standard InChI is InChI=1S/C31H28N6O3/c38-30-17-27(36-11-13-39-14-12-36)26(20-34-30)25-4-1-3-22-15-23-16-24(6-7-28(23)40-31(22)25)32-18-21-5-8-29(33-19-21)37-10-2-9-35-37/h1-10,16-17,19-20,32H,11-15,18H2,(H,34,38). The number of nitrogens with one attached hydrogen (secondary N) is 2. The highest BCUT2D eigenvalue weighted by Crippen LogP contribution is 2.45. The van der Waals surface area contributed by atoms with Crippen molar-refractivity contribution in [3.8, 4) is 28.4 Å². The summed E-state index contributed by atoms with van der Waals surface area (Å²) in [6.07, 6.45) is 8.03. The first-order valence-corrected chi connectivity index (χ1v) is 13.4. The molecular formula is C31H28N6O3. The largest absolute Gasteiger partial charge is 0.456 e. The van der Waals surface area contributed by atoms with Crippen LogP contribution in [-0.4, -0.2) is 46.1 Å². The second-order valence-electron chi connectivity index (χ2n) is 9.92. The number of aromatic nitrogens is 4. The molecule has 2 N–H and O–H groups in total. The van der Waals surface area contributed by atoms with Crippen LogP contribution in [0, 0.1) is 0 Å². The zero-order valence-corrected chi connectivity index (χ0v) is 21.8. The van der Waals surface area contributed by atoms with Gasteiger partial charge in [-0.2, -0.15) is 5.10 Å². The van der Waals surface area contributed by atoms with Crippen LogP contribution in [0.25, 0.3) is 16.9 Å². The summed E-state index contributed by atoms with van der Waals surface area (Å²) < 4.78 is 13.8. The number of aromatic amines is 1. The molecule has 5 heterocycles. The molecule has 2 aliphatic rings. The molecule has 0 bridgehead atoms. The van der Waals surface area contributed by atoms with E-state index >= 15 is 0 Å². The number of H-pyrrole nitrogens is 1. The Morgan fingerprint density at radius 3 is 2.73 bits per heavy atom. The minimum Gasteiger partial charge on any atom is -0.456 e. The molecule has 0 spiro atoms. The first-order valence-electron chi connectivity index (χ1n) is 13.4. The molecular weight excluding hydrogens is 504 g/mol. The summed E-state index contributed by atoms with van der Waals surface area (Å²) in [6.45, 7) is 3.44. The van der Waals surface area contributed by atoms with Crippen molar-refractivity contribution >= 4 is 11.4 Å². The predicted molar refractivity (Wildman–Crippen MR) is 154 cm³/mol. The lowest BCUT2D eigenvalue weighted by Crippen LogP contribution is -2.37. The second kappa shape index (κ2) is 10.3. The Hall–Kier alpha value is -4.89. The Balaban J connectivity index is 1.11. The van der Waals surface area contributed by atoms with Crippen molar-refractivity contribution in [3.05, 3.63) is 112 Å². The van der Waals surface area contributed by atoms with Gasteiger partial charge >= 0.3 is 0 Å². The third-order valence-electron chi connectivity index (χ3n) is 7.34. The molecule has 5 aromatic rings. The molecule has 2 aliphatic heterocycles. The predicted octanol–water partition coefficient (Wildman–Crippen LogP) is 4.77. The number of rotatable bonds is 6. The molecule has 40 heavy (non-hydrogen) atoms. The van der Waals surface area contributed by atoms with Crippen molar-refractivity contribution in [2.24, 2.45) is 0 Å². The molecule has 0 amide bonds. The maximum atomic E-state index is 12.3. The van der Waals surface area contributed by atoms with E-state index in [-0.39, 0.29) is 5.56 Å². The van der Waals surface area contributed by atoms with Crippen LogP contribution in [0.5, 0.6) is 11.5 Å². The molecule has 0 radical (unpaired) electrons. The molecule has 2 aromatic carbocycles. The van der Waals surface area contributed by atoms with Crippen LogP contribution in [0.2, 0.25) is 0 Å². The van der Waals surface area contributed by atoms with Crippen molar-refractivity contribution < 1.29 is 9.47 Å². The monoisotopic (exact) mass is 532 g/mol. The van der Waals surface area contributed by atoms with E-state index in [1.165, 1.54) is 0 Å². The van der Waals surface area contributed by atoms with Gasteiger partial charge in [-0.05, 0) is 41.5 Å². The molecule has 0 unspecified atom stereocenters. The molecule has 0 atom stereocenters. The summed E-state index contributed by atoms with van der Waals surface area (Å²) in [6, 6.07) is 20.0. The molecule has 1 fully saturated rings. The van der Waals surface area contributed by atoms with E-state index in [4.69, 9.17) is 9.47 Å². The summed E-state index contributed by atoms with van der Waals surface area (Å²) in [7, 11) is 0. The minimum atomic E-state index is -0.119. The molecule has 0 saturated carbocycles. The highest BCUT2D eigenvalue weighted by Gasteiger charge is 2.24. The third kappa shape index (κ3) is 4.71. The summed E-state index contributed by atoms with van der Waals surface area (Å²) in [5.74, 6) is 2.46. The minimum absolute atomic E-state index is 0.119. The Bertz CT molecular complexity index is 1710. The number of hydrogen-bond donors (Lipinski definition) is 2. The third-order valence-corrected chi connectivity index (χ3v) is 7.34. The number of fused-ring (bicyclic) bond motifs is 2. The number of nitrogens with zero attached hydrogens (tertiary/aromatic N) is 4. The quantitative estimate of drug-likeness (QED) is 0.319. The molecule has 9 heteroatoms. The highest BCUT2D eigenvalue weighted by molar-refractivity contribution is 5.83. The Kier molecular flexibility index (Phi) is 6.25. The van der Waals surface area contributed by atoms with Crippen molar-refractivity contribution in [1.82, 2.24) is 19.7 Å². The van der Waals surface area contributed by atoms with Gasteiger partial charge in [0.25, 0.3) is 0 Å². The van der Waals surface area contributed by atoms with Gasteiger partial charge in [0.2, 0.25) is 5.56 Å². The Labute approximate surface area is 231 Å². The van der Waals surface area contributed by atoms with Crippen molar-refractivity contribution in [2.45, 2.75) is 13.0 Å². The van der Waals surface area contributed by atoms with Gasteiger partial charge in [0.15, 0.2) is 5.82 Å². The summed E-state index contributed by atoms with van der Waals surface area (Å²) in [4.78, 5) is 21.8. The topological polar surface area (TPSA) is 97.3 Å².